The number of amides is 1. The predicted octanol–water partition coefficient (Wildman–Crippen LogP) is 2.94. The molecule has 0 aliphatic carbocycles. The number of nitro groups is 1. The smallest absolute Gasteiger partial charge is 0.331 e. The standard InChI is InChI=1S/C19H15N3O7/c1-27-12-6-7-13(15(10-12)22(25)26)20-17(23)11-28-19(24)9-8-18-21-14-4-2-3-5-16(14)29-18/h2-10H,11H2,1H3,(H,20,23)/b9-8+. The van der Waals surface area contributed by atoms with E-state index in [9.17, 15) is 19.7 Å². The highest BCUT2D eigenvalue weighted by Gasteiger charge is 2.17. The molecule has 0 bridgehead atoms. The van der Waals surface area contributed by atoms with E-state index in [1.165, 1.54) is 31.4 Å². The van der Waals surface area contributed by atoms with Crippen molar-refractivity contribution in [2.45, 2.75) is 0 Å². The number of carbonyl (C=O) groups excluding carboxylic acids is 2. The summed E-state index contributed by atoms with van der Waals surface area (Å²) in [6, 6.07) is 11.0. The highest BCUT2D eigenvalue weighted by Crippen LogP contribution is 2.28. The number of hydrogen-bond acceptors (Lipinski definition) is 8. The number of esters is 1. The third-order valence-electron chi connectivity index (χ3n) is 3.69. The summed E-state index contributed by atoms with van der Waals surface area (Å²) >= 11 is 0. The van der Waals surface area contributed by atoms with Crippen molar-refractivity contribution in [1.82, 2.24) is 4.98 Å². The van der Waals surface area contributed by atoms with E-state index >= 15 is 0 Å². The molecular weight excluding hydrogens is 382 g/mol. The molecular formula is C19H15N3O7. The number of aromatic nitrogens is 1. The lowest BCUT2D eigenvalue weighted by atomic mass is 10.2. The Balaban J connectivity index is 1.56. The van der Waals surface area contributed by atoms with E-state index in [-0.39, 0.29) is 23.0 Å². The van der Waals surface area contributed by atoms with Gasteiger partial charge in [0, 0.05) is 12.2 Å². The molecule has 0 aliphatic heterocycles. The molecule has 2 aromatic carbocycles. The van der Waals surface area contributed by atoms with Crippen LogP contribution in [0.25, 0.3) is 17.2 Å². The zero-order valence-corrected chi connectivity index (χ0v) is 15.2. The number of anilines is 1. The van der Waals surface area contributed by atoms with Gasteiger partial charge in [0.15, 0.2) is 12.2 Å². The molecule has 29 heavy (non-hydrogen) atoms. The first-order valence-corrected chi connectivity index (χ1v) is 8.29. The Kier molecular flexibility index (Phi) is 5.83. The number of carbonyl (C=O) groups is 2. The Bertz CT molecular complexity index is 1070. The Morgan fingerprint density at radius 2 is 2.07 bits per heavy atom. The molecule has 10 nitrogen and oxygen atoms in total. The minimum atomic E-state index is -0.799. The van der Waals surface area contributed by atoms with Gasteiger partial charge in [0.25, 0.3) is 11.6 Å². The predicted molar refractivity (Wildman–Crippen MR) is 102 cm³/mol. The lowest BCUT2D eigenvalue weighted by Crippen LogP contribution is -2.20. The van der Waals surface area contributed by atoms with Crippen molar-refractivity contribution >= 4 is 40.4 Å². The molecule has 0 atom stereocenters. The summed E-state index contributed by atoms with van der Waals surface area (Å²) in [5, 5.41) is 13.4. The topological polar surface area (TPSA) is 134 Å². The second-order valence-electron chi connectivity index (χ2n) is 5.65. The third kappa shape index (κ3) is 4.95. The Hall–Kier alpha value is -4.21. The van der Waals surface area contributed by atoms with E-state index in [1.807, 2.05) is 0 Å². The van der Waals surface area contributed by atoms with E-state index in [0.717, 1.165) is 6.08 Å². The number of ether oxygens (including phenoxy) is 2. The zero-order chi connectivity index (χ0) is 20.8. The molecule has 148 valence electrons. The molecule has 0 fully saturated rings. The number of nitrogens with zero attached hydrogens (tertiary/aromatic N) is 2. The number of para-hydroxylation sites is 2. The number of benzene rings is 2. The van der Waals surface area contributed by atoms with Crippen molar-refractivity contribution in [3.8, 4) is 5.75 Å². The highest BCUT2D eigenvalue weighted by molar-refractivity contribution is 5.96. The number of methoxy groups -OCH3 is 1. The summed E-state index contributed by atoms with van der Waals surface area (Å²) in [6.45, 7) is -0.625. The molecule has 3 rings (SSSR count). The molecule has 0 saturated carbocycles. The average Bonchev–Trinajstić information content (AvgIpc) is 3.14. The van der Waals surface area contributed by atoms with Gasteiger partial charge in [0.1, 0.15) is 17.0 Å². The van der Waals surface area contributed by atoms with Crippen LogP contribution in [0.4, 0.5) is 11.4 Å². The van der Waals surface area contributed by atoms with Gasteiger partial charge in [-0.3, -0.25) is 14.9 Å². The van der Waals surface area contributed by atoms with Crippen LogP contribution in [0, 0.1) is 10.1 Å². The number of hydrogen-bond donors (Lipinski definition) is 1. The normalized spacial score (nSPS) is 10.8. The van der Waals surface area contributed by atoms with Gasteiger partial charge in [-0.25, -0.2) is 9.78 Å². The lowest BCUT2D eigenvalue weighted by molar-refractivity contribution is -0.384. The minimum absolute atomic E-state index is 0.0427. The van der Waals surface area contributed by atoms with Crippen molar-refractivity contribution in [3.63, 3.8) is 0 Å². The molecule has 0 spiro atoms. The van der Waals surface area contributed by atoms with Crippen molar-refractivity contribution in [2.75, 3.05) is 19.0 Å². The summed E-state index contributed by atoms with van der Waals surface area (Å²) in [5.74, 6) is -1.06. The Labute approximate surface area is 163 Å². The fourth-order valence-electron chi connectivity index (χ4n) is 2.37. The first-order valence-electron chi connectivity index (χ1n) is 8.29. The Morgan fingerprint density at radius 1 is 1.28 bits per heavy atom. The minimum Gasteiger partial charge on any atom is -0.496 e. The molecule has 0 aliphatic rings. The number of oxazole rings is 1. The van der Waals surface area contributed by atoms with Crippen LogP contribution in [0.1, 0.15) is 5.89 Å². The molecule has 10 heteroatoms. The molecule has 1 amide bonds. The molecule has 1 heterocycles. The zero-order valence-electron chi connectivity index (χ0n) is 15.2. The van der Waals surface area contributed by atoms with Gasteiger partial charge in [-0.05, 0) is 24.3 Å². The molecule has 1 aromatic heterocycles. The van der Waals surface area contributed by atoms with Crippen LogP contribution in [0.5, 0.6) is 5.75 Å². The number of rotatable bonds is 7. The quantitative estimate of drug-likeness (QED) is 0.278. The maximum atomic E-state index is 11.9. The van der Waals surface area contributed by atoms with E-state index in [1.54, 1.807) is 24.3 Å². The summed E-state index contributed by atoms with van der Waals surface area (Å²) in [4.78, 5) is 38.3. The van der Waals surface area contributed by atoms with Gasteiger partial charge >= 0.3 is 5.97 Å². The summed E-state index contributed by atoms with van der Waals surface area (Å²) in [5.41, 5.74) is 0.820. The van der Waals surface area contributed by atoms with Gasteiger partial charge in [-0.1, -0.05) is 12.1 Å². The third-order valence-corrected chi connectivity index (χ3v) is 3.69. The van der Waals surface area contributed by atoms with E-state index < -0.39 is 23.4 Å². The van der Waals surface area contributed by atoms with Crippen LogP contribution in [0.3, 0.4) is 0 Å². The van der Waals surface area contributed by atoms with E-state index in [2.05, 4.69) is 10.3 Å². The van der Waals surface area contributed by atoms with Crippen molar-refractivity contribution in [1.29, 1.82) is 0 Å². The molecule has 3 aromatic rings. The van der Waals surface area contributed by atoms with Crippen LogP contribution in [-0.4, -0.2) is 35.5 Å². The van der Waals surface area contributed by atoms with Gasteiger partial charge < -0.3 is 19.2 Å². The van der Waals surface area contributed by atoms with Gasteiger partial charge in [-0.15, -0.1) is 0 Å². The molecule has 0 unspecified atom stereocenters. The summed E-state index contributed by atoms with van der Waals surface area (Å²) < 4.78 is 15.2. The first kappa shape index (κ1) is 19.5. The second-order valence-corrected chi connectivity index (χ2v) is 5.65. The second kappa shape index (κ2) is 8.65. The maximum Gasteiger partial charge on any atom is 0.331 e. The van der Waals surface area contributed by atoms with Crippen LogP contribution in [-0.2, 0) is 14.3 Å². The summed E-state index contributed by atoms with van der Waals surface area (Å²) in [6.07, 6.45) is 2.38. The molecule has 0 saturated heterocycles. The van der Waals surface area contributed by atoms with Gasteiger partial charge in [0.2, 0.25) is 5.89 Å². The van der Waals surface area contributed by atoms with E-state index in [4.69, 9.17) is 13.9 Å². The van der Waals surface area contributed by atoms with Crippen molar-refractivity contribution in [2.24, 2.45) is 0 Å². The average molecular weight is 397 g/mol. The van der Waals surface area contributed by atoms with Crippen molar-refractivity contribution in [3.05, 3.63) is 64.5 Å². The van der Waals surface area contributed by atoms with Crippen LogP contribution in [0.15, 0.2) is 53.0 Å². The lowest BCUT2D eigenvalue weighted by Gasteiger charge is -2.07. The summed E-state index contributed by atoms with van der Waals surface area (Å²) in [7, 11) is 1.37. The molecule has 0 radical (unpaired) electrons. The number of nitro benzene ring substituents is 1. The van der Waals surface area contributed by atoms with Crippen LogP contribution in [0.2, 0.25) is 0 Å². The maximum absolute atomic E-state index is 11.9. The SMILES string of the molecule is COc1ccc(NC(=O)COC(=O)/C=C/c2nc3ccccc3o2)c([N+](=O)[O-])c1. The largest absolute Gasteiger partial charge is 0.496 e. The van der Waals surface area contributed by atoms with Gasteiger partial charge in [-0.2, -0.15) is 0 Å². The Morgan fingerprint density at radius 3 is 2.79 bits per heavy atom. The highest BCUT2D eigenvalue weighted by atomic mass is 16.6. The van der Waals surface area contributed by atoms with E-state index in [0.29, 0.717) is 11.1 Å². The van der Waals surface area contributed by atoms with Gasteiger partial charge in [0.05, 0.1) is 18.1 Å². The fourth-order valence-corrected chi connectivity index (χ4v) is 2.37. The van der Waals surface area contributed by atoms with Crippen LogP contribution < -0.4 is 10.1 Å². The molecule has 1 N–H and O–H groups in total. The number of nitrogens with one attached hydrogen (secondary N) is 1. The first-order chi connectivity index (χ1) is 14.0. The fraction of sp³-hybridized carbons (Fsp3) is 0.105. The number of fused-ring (bicyclic) bond motifs is 1. The van der Waals surface area contributed by atoms with Crippen LogP contribution >= 0.6 is 0 Å². The van der Waals surface area contributed by atoms with Crippen molar-refractivity contribution < 1.29 is 28.4 Å². The monoisotopic (exact) mass is 397 g/mol.